The molecule has 3 N–H and O–H groups in total. The average Bonchev–Trinajstić information content (AvgIpc) is 3.53. The fraction of sp³-hybridized carbons (Fsp3) is 0.343. The molecular formula is C35H37F3N4O6S. The molecule has 0 unspecified atom stereocenters. The Morgan fingerprint density at radius 2 is 1.49 bits per heavy atom. The van der Waals surface area contributed by atoms with Crippen LogP contribution in [0, 0.1) is 0 Å². The number of rotatable bonds is 12. The fourth-order valence-electron chi connectivity index (χ4n) is 4.57. The number of benzene rings is 2. The second-order valence-corrected chi connectivity index (χ2v) is 13.7. The van der Waals surface area contributed by atoms with Crippen molar-refractivity contribution >= 4 is 29.1 Å². The Kier molecular flexibility index (Phi) is 11.3. The summed E-state index contributed by atoms with van der Waals surface area (Å²) in [5.41, 5.74) is 2.23. The molecule has 0 saturated heterocycles. The lowest BCUT2D eigenvalue weighted by Crippen LogP contribution is -2.51. The topological polar surface area (TPSA) is 140 Å². The maximum Gasteiger partial charge on any atom is 0.573 e. The summed E-state index contributed by atoms with van der Waals surface area (Å²) < 4.78 is 48.3. The Bertz CT molecular complexity index is 1780. The zero-order valence-corrected chi connectivity index (χ0v) is 28.5. The zero-order valence-electron chi connectivity index (χ0n) is 27.7. The number of amides is 2. The van der Waals surface area contributed by atoms with Crippen molar-refractivity contribution in [1.82, 2.24) is 20.6 Å². The molecule has 2 aromatic carbocycles. The number of nitrogens with one attached hydrogen (secondary N) is 2. The number of hydrogen-bond donors (Lipinski definition) is 3. The third kappa shape index (κ3) is 10.3. The second-order valence-electron chi connectivity index (χ2n) is 12.6. The lowest BCUT2D eigenvalue weighted by Gasteiger charge is -2.20. The van der Waals surface area contributed by atoms with E-state index in [-0.39, 0.29) is 17.6 Å². The van der Waals surface area contributed by atoms with E-state index in [4.69, 9.17) is 4.74 Å². The van der Waals surface area contributed by atoms with Crippen LogP contribution in [-0.4, -0.2) is 57.4 Å². The highest BCUT2D eigenvalue weighted by Crippen LogP contribution is 2.36. The summed E-state index contributed by atoms with van der Waals surface area (Å²) >= 11 is 1.33. The van der Waals surface area contributed by atoms with Crippen LogP contribution in [0.2, 0.25) is 0 Å². The minimum Gasteiger partial charge on any atom is -0.487 e. The normalized spacial score (nSPS) is 13.0. The zero-order chi connectivity index (χ0) is 36.1. The number of carbonyl (C=O) groups excluding carboxylic acids is 2. The van der Waals surface area contributed by atoms with Crippen LogP contribution in [0.15, 0.2) is 67.0 Å². The van der Waals surface area contributed by atoms with Crippen molar-refractivity contribution in [2.45, 2.75) is 77.9 Å². The molecule has 0 fully saturated rings. The van der Waals surface area contributed by atoms with Crippen molar-refractivity contribution in [3.8, 4) is 34.0 Å². The summed E-state index contributed by atoms with van der Waals surface area (Å²) in [6.07, 6.45) is -2.13. The van der Waals surface area contributed by atoms with Gasteiger partial charge < -0.3 is 25.2 Å². The first kappa shape index (κ1) is 36.8. The molecule has 14 heteroatoms. The van der Waals surface area contributed by atoms with Gasteiger partial charge in [-0.15, -0.1) is 24.5 Å². The molecule has 0 aliphatic heterocycles. The van der Waals surface area contributed by atoms with Crippen LogP contribution in [-0.2, 0) is 21.4 Å². The first-order valence-electron chi connectivity index (χ1n) is 15.3. The van der Waals surface area contributed by atoms with Crippen molar-refractivity contribution in [2.24, 2.45) is 0 Å². The molecule has 260 valence electrons. The van der Waals surface area contributed by atoms with Gasteiger partial charge in [-0.3, -0.25) is 14.4 Å². The highest BCUT2D eigenvalue weighted by molar-refractivity contribution is 7.14. The van der Waals surface area contributed by atoms with Gasteiger partial charge in [0, 0.05) is 34.8 Å². The molecule has 2 amide bonds. The van der Waals surface area contributed by atoms with E-state index in [0.717, 1.165) is 4.88 Å². The van der Waals surface area contributed by atoms with Crippen LogP contribution >= 0.6 is 11.3 Å². The van der Waals surface area contributed by atoms with Crippen LogP contribution in [0.5, 0.6) is 11.5 Å². The van der Waals surface area contributed by atoms with Crippen molar-refractivity contribution < 1.29 is 42.1 Å². The van der Waals surface area contributed by atoms with Crippen molar-refractivity contribution in [1.29, 1.82) is 0 Å². The summed E-state index contributed by atoms with van der Waals surface area (Å²) in [6, 6.07) is 12.4. The van der Waals surface area contributed by atoms with Crippen molar-refractivity contribution in [3.63, 3.8) is 0 Å². The van der Waals surface area contributed by atoms with Crippen LogP contribution in [0.3, 0.4) is 0 Å². The predicted octanol–water partition coefficient (Wildman–Crippen LogP) is 6.79. The van der Waals surface area contributed by atoms with Gasteiger partial charge in [0.2, 0.25) is 5.91 Å². The molecule has 10 nitrogen and oxygen atoms in total. The Labute approximate surface area is 285 Å². The molecule has 4 rings (SSSR count). The van der Waals surface area contributed by atoms with Crippen LogP contribution in [0.4, 0.5) is 13.2 Å². The van der Waals surface area contributed by atoms with Gasteiger partial charge in [0.05, 0.1) is 11.0 Å². The van der Waals surface area contributed by atoms with E-state index in [1.54, 1.807) is 44.2 Å². The first-order valence-corrected chi connectivity index (χ1v) is 16.1. The average molecular weight is 699 g/mol. The Morgan fingerprint density at radius 3 is 2.04 bits per heavy atom. The van der Waals surface area contributed by atoms with Gasteiger partial charge in [-0.05, 0) is 61.6 Å². The summed E-state index contributed by atoms with van der Waals surface area (Å²) in [4.78, 5) is 47.9. The van der Waals surface area contributed by atoms with E-state index in [1.807, 2.05) is 26.8 Å². The minimum absolute atomic E-state index is 0.0740. The van der Waals surface area contributed by atoms with E-state index in [9.17, 15) is 32.7 Å². The smallest absolute Gasteiger partial charge is 0.487 e. The van der Waals surface area contributed by atoms with Crippen LogP contribution in [0.1, 0.15) is 61.7 Å². The third-order valence-corrected chi connectivity index (χ3v) is 8.60. The number of hydrogen-bond acceptors (Lipinski definition) is 8. The van der Waals surface area contributed by atoms with Gasteiger partial charge in [0.1, 0.15) is 12.1 Å². The number of carbonyl (C=O) groups is 3. The van der Waals surface area contributed by atoms with E-state index < -0.39 is 48.1 Å². The molecule has 4 aromatic rings. The van der Waals surface area contributed by atoms with Crippen molar-refractivity contribution in [2.75, 3.05) is 0 Å². The summed E-state index contributed by atoms with van der Waals surface area (Å²) in [6.45, 7) is 10.8. The van der Waals surface area contributed by atoms with Crippen molar-refractivity contribution in [3.05, 3.63) is 82.3 Å². The molecule has 0 aliphatic carbocycles. The SMILES string of the molecule is CC(C)Oc1cc(-c2cnc(-c3ccc(C[C@H](NC(=O)c4ccc(C(C)(C)C)s4)C(=O)N[C@H](C)C(=O)O)cc3)nc2)ccc1OC(F)(F)F. The predicted molar refractivity (Wildman–Crippen MR) is 179 cm³/mol. The first-order chi connectivity index (χ1) is 22.9. The maximum atomic E-state index is 13.1. The molecule has 2 atom stereocenters. The Balaban J connectivity index is 1.51. The number of alkyl halides is 3. The molecule has 2 heterocycles. The number of halogens is 3. The Morgan fingerprint density at radius 1 is 0.857 bits per heavy atom. The van der Waals surface area contributed by atoms with Gasteiger partial charge in [0.25, 0.3) is 5.91 Å². The Hall–Kier alpha value is -4.98. The summed E-state index contributed by atoms with van der Waals surface area (Å²) in [5, 5.41) is 14.5. The number of carboxylic acids is 1. The number of carboxylic acid groups (broad SMARTS) is 1. The van der Waals surface area contributed by atoms with Gasteiger partial charge in [-0.1, -0.05) is 51.1 Å². The fourth-order valence-corrected chi connectivity index (χ4v) is 5.54. The molecule has 0 saturated carbocycles. The molecular weight excluding hydrogens is 661 g/mol. The summed E-state index contributed by atoms with van der Waals surface area (Å²) in [5.74, 6) is -2.46. The number of thiophene rings is 1. The quantitative estimate of drug-likeness (QED) is 0.147. The molecule has 0 radical (unpaired) electrons. The number of aromatic nitrogens is 2. The maximum absolute atomic E-state index is 13.1. The van der Waals surface area contributed by atoms with E-state index in [0.29, 0.717) is 33.0 Å². The van der Waals surface area contributed by atoms with Gasteiger partial charge in [0.15, 0.2) is 17.3 Å². The molecule has 0 aliphatic rings. The minimum atomic E-state index is -4.88. The van der Waals surface area contributed by atoms with Gasteiger partial charge in [-0.25, -0.2) is 9.97 Å². The van der Waals surface area contributed by atoms with E-state index in [1.165, 1.54) is 48.9 Å². The number of nitrogens with zero attached hydrogens (tertiary/aromatic N) is 2. The van der Waals surface area contributed by atoms with E-state index >= 15 is 0 Å². The number of aliphatic carboxylic acids is 1. The molecule has 2 aromatic heterocycles. The second kappa shape index (κ2) is 15.1. The molecule has 49 heavy (non-hydrogen) atoms. The summed E-state index contributed by atoms with van der Waals surface area (Å²) in [7, 11) is 0. The number of ether oxygens (including phenoxy) is 2. The monoisotopic (exact) mass is 698 g/mol. The highest BCUT2D eigenvalue weighted by atomic mass is 32.1. The standard InChI is InChI=1S/C35H37F3N4O6S/c1-19(2)47-27-16-23(11-12-26(27)48-35(36,37)38)24-17-39-30(40-18-24)22-9-7-21(8-10-22)15-25(31(43)41-20(3)33(45)46)42-32(44)28-13-14-29(49-28)34(4,5)6/h7-14,16-20,25H,15H2,1-6H3,(H,41,43)(H,42,44)(H,45,46)/t20-,25+/m1/s1. The highest BCUT2D eigenvalue weighted by Gasteiger charge is 2.33. The third-order valence-electron chi connectivity index (χ3n) is 7.09. The van der Waals surface area contributed by atoms with E-state index in [2.05, 4.69) is 25.3 Å². The largest absolute Gasteiger partial charge is 0.573 e. The molecule has 0 bridgehead atoms. The van der Waals surface area contributed by atoms with Crippen LogP contribution in [0.25, 0.3) is 22.5 Å². The lowest BCUT2D eigenvalue weighted by molar-refractivity contribution is -0.275. The lowest BCUT2D eigenvalue weighted by atomic mass is 9.95. The molecule has 0 spiro atoms. The van der Waals surface area contributed by atoms with Gasteiger partial charge in [-0.2, -0.15) is 0 Å². The van der Waals surface area contributed by atoms with Gasteiger partial charge >= 0.3 is 12.3 Å². The van der Waals surface area contributed by atoms with Crippen LogP contribution < -0.4 is 20.1 Å².